The molecule has 1 saturated heterocycles. The molecule has 0 aromatic carbocycles. The number of halogens is 3. The van der Waals surface area contributed by atoms with Crippen LogP contribution in [-0.2, 0) is 10.9 Å². The summed E-state index contributed by atoms with van der Waals surface area (Å²) in [4.78, 5) is 10.9. The summed E-state index contributed by atoms with van der Waals surface area (Å²) < 4.78 is 46.5. The first-order chi connectivity index (χ1) is 13.8. The van der Waals surface area contributed by atoms with Crippen LogP contribution in [-0.4, -0.2) is 57.0 Å². The lowest BCUT2D eigenvalue weighted by Gasteiger charge is -2.32. The van der Waals surface area contributed by atoms with E-state index < -0.39 is 11.7 Å². The van der Waals surface area contributed by atoms with Gasteiger partial charge in [0.05, 0.1) is 18.8 Å². The van der Waals surface area contributed by atoms with Crippen molar-refractivity contribution in [3.8, 4) is 11.4 Å². The number of alkyl halides is 3. The minimum absolute atomic E-state index is 0.0763. The van der Waals surface area contributed by atoms with E-state index in [2.05, 4.69) is 20.0 Å². The molecule has 9 heteroatoms. The molecule has 4 rings (SSSR count). The lowest BCUT2D eigenvalue weighted by atomic mass is 10.1. The molecule has 0 bridgehead atoms. The lowest BCUT2D eigenvalue weighted by molar-refractivity contribution is -0.137. The Labute approximate surface area is 168 Å². The topological polar surface area (TPSA) is 56.1 Å². The van der Waals surface area contributed by atoms with Crippen LogP contribution >= 0.6 is 0 Å². The molecule has 6 nitrogen and oxygen atoms in total. The molecule has 1 saturated carbocycles. The van der Waals surface area contributed by atoms with Crippen LogP contribution in [0.25, 0.3) is 11.4 Å². The van der Waals surface area contributed by atoms with Gasteiger partial charge in [-0.1, -0.05) is 0 Å². The minimum Gasteiger partial charge on any atom is -0.379 e. The van der Waals surface area contributed by atoms with E-state index in [0.29, 0.717) is 17.4 Å². The molecule has 2 unspecified atom stereocenters. The highest BCUT2D eigenvalue weighted by Crippen LogP contribution is 2.38. The quantitative estimate of drug-likeness (QED) is 0.767. The molecule has 0 radical (unpaired) electrons. The fraction of sp³-hybridized carbons (Fsp3) is 0.650. The van der Waals surface area contributed by atoms with E-state index in [4.69, 9.17) is 4.74 Å². The third-order valence-corrected chi connectivity index (χ3v) is 5.80. The fourth-order valence-electron chi connectivity index (χ4n) is 4.30. The average Bonchev–Trinajstić information content (AvgIpc) is 3.35. The van der Waals surface area contributed by atoms with Crippen molar-refractivity contribution < 1.29 is 17.9 Å². The van der Waals surface area contributed by atoms with E-state index in [9.17, 15) is 13.2 Å². The van der Waals surface area contributed by atoms with Crippen molar-refractivity contribution >= 4 is 0 Å². The van der Waals surface area contributed by atoms with Crippen molar-refractivity contribution in [2.75, 3.05) is 26.3 Å². The molecule has 0 spiro atoms. The predicted molar refractivity (Wildman–Crippen MR) is 101 cm³/mol. The Bertz CT molecular complexity index is 845. The van der Waals surface area contributed by atoms with Gasteiger partial charge in [-0.3, -0.25) is 9.88 Å². The minimum atomic E-state index is -4.44. The summed E-state index contributed by atoms with van der Waals surface area (Å²) in [5, 5.41) is 4.55. The molecule has 29 heavy (non-hydrogen) atoms. The number of aromatic nitrogens is 4. The normalized spacial score (nSPS) is 23.8. The largest absolute Gasteiger partial charge is 0.417 e. The van der Waals surface area contributed by atoms with Gasteiger partial charge >= 0.3 is 6.18 Å². The zero-order chi connectivity index (χ0) is 20.6. The summed E-state index contributed by atoms with van der Waals surface area (Å²) in [7, 11) is 0. The molecule has 2 aromatic rings. The summed E-state index contributed by atoms with van der Waals surface area (Å²) in [5.74, 6) is 1.43. The Hall–Kier alpha value is -2.00. The van der Waals surface area contributed by atoms with Crippen LogP contribution in [0.5, 0.6) is 0 Å². The number of morpholine rings is 1. The zero-order valence-electron chi connectivity index (χ0n) is 16.7. The van der Waals surface area contributed by atoms with Gasteiger partial charge in [-0.15, -0.1) is 0 Å². The first-order valence-corrected chi connectivity index (χ1v) is 10.1. The third-order valence-electron chi connectivity index (χ3n) is 5.80. The second-order valence-electron chi connectivity index (χ2n) is 8.10. The number of pyridine rings is 1. The lowest BCUT2D eigenvalue weighted by Crippen LogP contribution is -2.42. The molecule has 1 aliphatic heterocycles. The van der Waals surface area contributed by atoms with Crippen molar-refractivity contribution in [1.29, 1.82) is 0 Å². The maximum Gasteiger partial charge on any atom is 0.417 e. The Morgan fingerprint density at radius 3 is 2.59 bits per heavy atom. The molecular weight excluding hydrogens is 383 g/mol. The van der Waals surface area contributed by atoms with Crippen molar-refractivity contribution in [2.45, 2.75) is 57.3 Å². The van der Waals surface area contributed by atoms with Gasteiger partial charge in [-0.2, -0.15) is 18.3 Å². The summed E-state index contributed by atoms with van der Waals surface area (Å²) in [6.07, 6.45) is 0.872. The molecular formula is C20H26F3N5O. The van der Waals surface area contributed by atoms with Crippen molar-refractivity contribution in [1.82, 2.24) is 24.6 Å². The van der Waals surface area contributed by atoms with E-state index >= 15 is 0 Å². The van der Waals surface area contributed by atoms with Crippen LogP contribution in [0.4, 0.5) is 13.2 Å². The molecule has 2 aromatic heterocycles. The molecule has 158 valence electrons. The fourth-order valence-corrected chi connectivity index (χ4v) is 4.30. The van der Waals surface area contributed by atoms with Gasteiger partial charge in [0.15, 0.2) is 5.82 Å². The summed E-state index contributed by atoms with van der Waals surface area (Å²) in [5.41, 5.74) is -0.492. The Morgan fingerprint density at radius 1 is 1.14 bits per heavy atom. The van der Waals surface area contributed by atoms with Gasteiger partial charge < -0.3 is 4.74 Å². The van der Waals surface area contributed by atoms with Crippen molar-refractivity contribution in [3.05, 3.63) is 29.8 Å². The molecule has 0 amide bonds. The second kappa shape index (κ2) is 8.02. The first-order valence-electron chi connectivity index (χ1n) is 10.1. The second-order valence-corrected chi connectivity index (χ2v) is 8.10. The molecule has 2 aliphatic rings. The number of ether oxygens (including phenoxy) is 1. The third kappa shape index (κ3) is 4.30. The van der Waals surface area contributed by atoms with E-state index in [0.717, 1.165) is 63.7 Å². The maximum atomic E-state index is 13.1. The van der Waals surface area contributed by atoms with E-state index in [1.807, 2.05) is 18.5 Å². The monoisotopic (exact) mass is 409 g/mol. The van der Waals surface area contributed by atoms with Gasteiger partial charge in [0.1, 0.15) is 5.82 Å². The van der Waals surface area contributed by atoms with Crippen molar-refractivity contribution in [3.63, 3.8) is 0 Å². The van der Waals surface area contributed by atoms with Crippen molar-refractivity contribution in [2.24, 2.45) is 0 Å². The van der Waals surface area contributed by atoms with Gasteiger partial charge in [-0.05, 0) is 39.2 Å². The number of hydrogen-bond donors (Lipinski definition) is 0. The highest BCUT2D eigenvalue weighted by molar-refractivity contribution is 5.54. The first kappa shape index (κ1) is 20.3. The van der Waals surface area contributed by atoms with Crippen LogP contribution in [0.15, 0.2) is 18.5 Å². The van der Waals surface area contributed by atoms with E-state index in [-0.39, 0.29) is 12.0 Å². The SMILES string of the molecule is CC(C)n1nc(-c2cncc(C(F)(F)F)c2)nc1C1CCC(N2CCOCC2)C1. The van der Waals surface area contributed by atoms with E-state index in [1.165, 1.54) is 6.20 Å². The van der Waals surface area contributed by atoms with Crippen LogP contribution in [0.1, 0.15) is 56.5 Å². The molecule has 1 aliphatic carbocycles. The van der Waals surface area contributed by atoms with Crippen LogP contribution < -0.4 is 0 Å². The number of rotatable bonds is 4. The number of nitrogens with zero attached hydrogens (tertiary/aromatic N) is 5. The van der Waals surface area contributed by atoms with Gasteiger partial charge in [-0.25, -0.2) is 9.67 Å². The predicted octanol–water partition coefficient (Wildman–Crippen LogP) is 3.91. The molecule has 2 atom stereocenters. The Kier molecular flexibility index (Phi) is 5.61. The highest BCUT2D eigenvalue weighted by atomic mass is 19.4. The molecule has 0 N–H and O–H groups in total. The number of hydrogen-bond acceptors (Lipinski definition) is 5. The summed E-state index contributed by atoms with van der Waals surface area (Å²) in [6.45, 7) is 7.48. The maximum absolute atomic E-state index is 13.1. The Balaban J connectivity index is 1.59. The standard InChI is InChI=1S/C20H26F3N5O/c1-13(2)28-19(14-3-4-17(10-14)27-5-7-29-8-6-27)25-18(26-28)15-9-16(12-24-11-15)20(21,22)23/h9,11-14,17H,3-8,10H2,1-2H3. The highest BCUT2D eigenvalue weighted by Gasteiger charge is 2.35. The van der Waals surface area contributed by atoms with Gasteiger partial charge in [0, 0.05) is 49.0 Å². The van der Waals surface area contributed by atoms with Gasteiger partial charge in [0.25, 0.3) is 0 Å². The van der Waals surface area contributed by atoms with Crippen LogP contribution in [0.2, 0.25) is 0 Å². The Morgan fingerprint density at radius 2 is 1.90 bits per heavy atom. The molecule has 2 fully saturated rings. The average molecular weight is 409 g/mol. The summed E-state index contributed by atoms with van der Waals surface area (Å²) >= 11 is 0. The smallest absolute Gasteiger partial charge is 0.379 e. The molecule has 3 heterocycles. The summed E-state index contributed by atoms with van der Waals surface area (Å²) in [6, 6.07) is 1.65. The van der Waals surface area contributed by atoms with Crippen LogP contribution in [0.3, 0.4) is 0 Å². The van der Waals surface area contributed by atoms with Gasteiger partial charge in [0.2, 0.25) is 0 Å². The zero-order valence-corrected chi connectivity index (χ0v) is 16.7. The van der Waals surface area contributed by atoms with E-state index in [1.54, 1.807) is 0 Å². The van der Waals surface area contributed by atoms with Crippen LogP contribution in [0, 0.1) is 0 Å².